The number of rotatable bonds is 3. The summed E-state index contributed by atoms with van der Waals surface area (Å²) in [4.78, 5) is 12.3. The van der Waals surface area contributed by atoms with Gasteiger partial charge in [0.2, 0.25) is 0 Å². The lowest BCUT2D eigenvalue weighted by Crippen LogP contribution is -2.16. The van der Waals surface area contributed by atoms with Crippen LogP contribution in [0.25, 0.3) is 11.1 Å². The Labute approximate surface area is 160 Å². The maximum absolute atomic E-state index is 14.5. The van der Waals surface area contributed by atoms with E-state index in [0.29, 0.717) is 12.1 Å². The van der Waals surface area contributed by atoms with Crippen LogP contribution in [0.3, 0.4) is 0 Å². The Kier molecular flexibility index (Phi) is 5.12. The van der Waals surface area contributed by atoms with Crippen molar-refractivity contribution in [2.75, 3.05) is 5.32 Å². The summed E-state index contributed by atoms with van der Waals surface area (Å²) >= 11 is 0. The second kappa shape index (κ2) is 7.26. The zero-order chi connectivity index (χ0) is 21.5. The molecule has 1 N–H and O–H groups in total. The molecule has 4 nitrogen and oxygen atoms in total. The molecule has 2 aromatic carbocycles. The molecule has 3 rings (SSSR count). The third kappa shape index (κ3) is 3.96. The van der Waals surface area contributed by atoms with Gasteiger partial charge >= 0.3 is 6.18 Å². The van der Waals surface area contributed by atoms with Crippen LogP contribution in [-0.2, 0) is 13.2 Å². The molecule has 3 aromatic rings. The predicted molar refractivity (Wildman–Crippen MR) is 92.7 cm³/mol. The first-order valence-electron chi connectivity index (χ1n) is 8.15. The van der Waals surface area contributed by atoms with E-state index in [1.165, 1.54) is 26.1 Å². The number of carbonyl (C=O) groups is 1. The predicted octanol–water partition coefficient (Wildman–Crippen LogP) is 5.08. The molecule has 0 aliphatic heterocycles. The van der Waals surface area contributed by atoms with Gasteiger partial charge in [-0.2, -0.15) is 18.3 Å². The Morgan fingerprint density at radius 2 is 1.72 bits per heavy atom. The first kappa shape index (κ1) is 20.4. The summed E-state index contributed by atoms with van der Waals surface area (Å²) in [6.07, 6.45) is -3.98. The van der Waals surface area contributed by atoms with Crippen molar-refractivity contribution in [3.63, 3.8) is 0 Å². The first-order chi connectivity index (χ1) is 13.5. The number of nitrogens with one attached hydrogen (secondary N) is 1. The fraction of sp³-hybridized carbons (Fsp3) is 0.158. The molecule has 1 heterocycles. The molecule has 0 aliphatic rings. The van der Waals surface area contributed by atoms with Gasteiger partial charge in [0.15, 0.2) is 5.69 Å². The summed E-state index contributed by atoms with van der Waals surface area (Å²) in [5.74, 6) is -4.29. The third-order valence-electron chi connectivity index (χ3n) is 4.14. The van der Waals surface area contributed by atoms with E-state index < -0.39 is 52.0 Å². The minimum atomic E-state index is -4.88. The Balaban J connectivity index is 2.01. The van der Waals surface area contributed by atoms with Crippen LogP contribution < -0.4 is 5.32 Å². The van der Waals surface area contributed by atoms with E-state index in [1.807, 2.05) is 5.32 Å². The Morgan fingerprint density at radius 1 is 1.03 bits per heavy atom. The maximum atomic E-state index is 14.5. The zero-order valence-electron chi connectivity index (χ0n) is 15.0. The highest BCUT2D eigenvalue weighted by molar-refractivity contribution is 6.05. The van der Waals surface area contributed by atoms with Gasteiger partial charge in [0, 0.05) is 30.4 Å². The number of nitrogens with zero attached hydrogens (tertiary/aromatic N) is 2. The van der Waals surface area contributed by atoms with Crippen LogP contribution in [0.2, 0.25) is 0 Å². The molecular formula is C19H13F6N3O. The number of anilines is 1. The van der Waals surface area contributed by atoms with Gasteiger partial charge in [0.25, 0.3) is 5.91 Å². The van der Waals surface area contributed by atoms with Gasteiger partial charge in [0.05, 0.1) is 11.3 Å². The van der Waals surface area contributed by atoms with Crippen molar-refractivity contribution >= 4 is 11.6 Å². The molecule has 0 saturated heterocycles. The lowest BCUT2D eigenvalue weighted by Gasteiger charge is -2.12. The van der Waals surface area contributed by atoms with Crippen LogP contribution in [0.5, 0.6) is 0 Å². The largest absolute Gasteiger partial charge is 0.435 e. The molecule has 0 aliphatic carbocycles. The van der Waals surface area contributed by atoms with E-state index >= 15 is 0 Å². The highest BCUT2D eigenvalue weighted by atomic mass is 19.4. The molecule has 0 fully saturated rings. The molecular weight excluding hydrogens is 400 g/mol. The quantitative estimate of drug-likeness (QED) is 0.609. The monoisotopic (exact) mass is 413 g/mol. The number of amides is 1. The second-order valence-corrected chi connectivity index (χ2v) is 6.26. The lowest BCUT2D eigenvalue weighted by molar-refractivity contribution is -0.141. The van der Waals surface area contributed by atoms with Crippen LogP contribution >= 0.6 is 0 Å². The molecule has 1 aromatic heterocycles. The average Bonchev–Trinajstić information content (AvgIpc) is 2.99. The molecule has 0 atom stereocenters. The molecule has 0 bridgehead atoms. The molecule has 0 radical (unpaired) electrons. The van der Waals surface area contributed by atoms with E-state index in [4.69, 9.17) is 0 Å². The van der Waals surface area contributed by atoms with Crippen molar-refractivity contribution in [3.8, 4) is 11.1 Å². The minimum absolute atomic E-state index is 0.269. The summed E-state index contributed by atoms with van der Waals surface area (Å²) in [5.41, 5.74) is -3.44. The lowest BCUT2D eigenvalue weighted by atomic mass is 10.0. The molecule has 152 valence electrons. The Morgan fingerprint density at radius 3 is 2.34 bits per heavy atom. The highest BCUT2D eigenvalue weighted by Crippen LogP contribution is 2.38. The van der Waals surface area contributed by atoms with E-state index in [0.717, 1.165) is 16.9 Å². The summed E-state index contributed by atoms with van der Waals surface area (Å²) in [6.45, 7) is 1.46. The van der Waals surface area contributed by atoms with Crippen LogP contribution in [0.4, 0.5) is 32.0 Å². The normalized spacial score (nSPS) is 11.6. The van der Waals surface area contributed by atoms with E-state index in [-0.39, 0.29) is 11.1 Å². The number of carbonyl (C=O) groups excluding carboxylic acids is 1. The summed E-state index contributed by atoms with van der Waals surface area (Å²) in [7, 11) is 1.21. The number of benzene rings is 2. The average molecular weight is 413 g/mol. The number of hydrogen-bond acceptors (Lipinski definition) is 2. The number of alkyl halides is 3. The maximum Gasteiger partial charge on any atom is 0.435 e. The van der Waals surface area contributed by atoms with E-state index in [1.54, 1.807) is 0 Å². The number of aromatic nitrogens is 2. The first-order valence-corrected chi connectivity index (χ1v) is 8.15. The Hall–Kier alpha value is -3.30. The van der Waals surface area contributed by atoms with E-state index in [2.05, 4.69) is 5.10 Å². The summed E-state index contributed by atoms with van der Waals surface area (Å²) < 4.78 is 83.0. The Bertz CT molecular complexity index is 1080. The van der Waals surface area contributed by atoms with Gasteiger partial charge < -0.3 is 5.32 Å². The van der Waals surface area contributed by atoms with Crippen molar-refractivity contribution in [3.05, 3.63) is 70.8 Å². The van der Waals surface area contributed by atoms with Crippen molar-refractivity contribution < 1.29 is 31.1 Å². The third-order valence-corrected chi connectivity index (χ3v) is 4.14. The van der Waals surface area contributed by atoms with Crippen molar-refractivity contribution in [2.45, 2.75) is 13.1 Å². The number of halogens is 6. The van der Waals surface area contributed by atoms with E-state index in [9.17, 15) is 31.1 Å². The van der Waals surface area contributed by atoms with Crippen LogP contribution in [0.15, 0.2) is 36.5 Å². The number of aryl methyl sites for hydroxylation is 2. The molecule has 0 saturated carbocycles. The van der Waals surface area contributed by atoms with Crippen molar-refractivity contribution in [1.29, 1.82) is 0 Å². The highest BCUT2D eigenvalue weighted by Gasteiger charge is 2.38. The van der Waals surface area contributed by atoms with Gasteiger partial charge in [-0.3, -0.25) is 9.48 Å². The zero-order valence-corrected chi connectivity index (χ0v) is 15.0. The van der Waals surface area contributed by atoms with Gasteiger partial charge in [0.1, 0.15) is 17.5 Å². The van der Waals surface area contributed by atoms with Crippen molar-refractivity contribution in [1.82, 2.24) is 9.78 Å². The molecule has 0 unspecified atom stereocenters. The van der Waals surface area contributed by atoms with Crippen LogP contribution in [0, 0.1) is 24.4 Å². The van der Waals surface area contributed by atoms with Crippen LogP contribution in [0.1, 0.15) is 21.6 Å². The van der Waals surface area contributed by atoms with Gasteiger partial charge in [-0.25, -0.2) is 13.2 Å². The fourth-order valence-electron chi connectivity index (χ4n) is 2.85. The molecule has 0 spiro atoms. The van der Waals surface area contributed by atoms with Gasteiger partial charge in [-0.05, 0) is 24.6 Å². The summed E-state index contributed by atoms with van der Waals surface area (Å²) in [6, 6.07) is 4.92. The number of hydrogen-bond donors (Lipinski definition) is 1. The SMILES string of the molecule is Cc1cccc(F)c1C(=O)Nc1cc(F)c(-c2cn(C)nc2C(F)(F)F)cc1F. The van der Waals surface area contributed by atoms with Crippen LogP contribution in [-0.4, -0.2) is 15.7 Å². The smallest absolute Gasteiger partial charge is 0.319 e. The standard InChI is InChI=1S/C19H13F6N3O/c1-9-4-3-5-12(20)16(9)18(29)26-15-7-13(21)10(6-14(15)22)11-8-28(2)27-17(11)19(23,24)25/h3-8H,1-2H3,(H,26,29). The summed E-state index contributed by atoms with van der Waals surface area (Å²) in [5, 5.41) is 5.29. The molecule has 29 heavy (non-hydrogen) atoms. The minimum Gasteiger partial charge on any atom is -0.319 e. The van der Waals surface area contributed by atoms with Gasteiger partial charge in [-0.1, -0.05) is 12.1 Å². The topological polar surface area (TPSA) is 46.9 Å². The van der Waals surface area contributed by atoms with Gasteiger partial charge in [-0.15, -0.1) is 0 Å². The molecule has 10 heteroatoms. The second-order valence-electron chi connectivity index (χ2n) is 6.26. The van der Waals surface area contributed by atoms with Crippen molar-refractivity contribution in [2.24, 2.45) is 7.05 Å². The molecule has 1 amide bonds. The fourth-order valence-corrected chi connectivity index (χ4v) is 2.85.